The van der Waals surface area contributed by atoms with Gasteiger partial charge in [-0.05, 0) is 37.6 Å². The highest BCUT2D eigenvalue weighted by Crippen LogP contribution is 2.43. The monoisotopic (exact) mass is 435 g/mol. The van der Waals surface area contributed by atoms with Crippen LogP contribution < -0.4 is 19.7 Å². The van der Waals surface area contributed by atoms with Gasteiger partial charge in [-0.2, -0.15) is 0 Å². The summed E-state index contributed by atoms with van der Waals surface area (Å²) in [5.41, 5.74) is 0.386. The zero-order chi connectivity index (χ0) is 22.3. The third kappa shape index (κ3) is 3.36. The quantitative estimate of drug-likeness (QED) is 0.779. The first-order valence-corrected chi connectivity index (χ1v) is 10.9. The summed E-state index contributed by atoms with van der Waals surface area (Å²) in [7, 11) is 0. The summed E-state index contributed by atoms with van der Waals surface area (Å²) in [6, 6.07) is 14.6. The first-order chi connectivity index (χ1) is 15.5. The Hall–Kier alpha value is -3.55. The molecule has 1 saturated heterocycles. The van der Waals surface area contributed by atoms with Gasteiger partial charge in [0, 0.05) is 19.4 Å². The van der Waals surface area contributed by atoms with Crippen LogP contribution in [0.5, 0.6) is 11.5 Å². The SMILES string of the molecule is CC12CCC(=O)N1c1ccccc1C(=O)N2CCC(=O)NCC1COc2ccccc2O1. The molecule has 2 unspecified atom stereocenters. The highest BCUT2D eigenvalue weighted by Gasteiger charge is 2.52. The van der Waals surface area contributed by atoms with E-state index in [1.807, 2.05) is 43.3 Å². The van der Waals surface area contributed by atoms with Crippen LogP contribution in [0.25, 0.3) is 0 Å². The number of hydrogen-bond acceptors (Lipinski definition) is 5. The molecule has 3 aliphatic heterocycles. The number of nitrogens with zero attached hydrogens (tertiary/aromatic N) is 2. The van der Waals surface area contributed by atoms with Gasteiger partial charge in [0.1, 0.15) is 18.4 Å². The van der Waals surface area contributed by atoms with Crippen LogP contribution >= 0.6 is 0 Å². The highest BCUT2D eigenvalue weighted by atomic mass is 16.6. The lowest BCUT2D eigenvalue weighted by molar-refractivity contribution is -0.122. The van der Waals surface area contributed by atoms with Gasteiger partial charge in [-0.15, -0.1) is 0 Å². The van der Waals surface area contributed by atoms with Gasteiger partial charge >= 0.3 is 0 Å². The van der Waals surface area contributed by atoms with Crippen molar-refractivity contribution >= 4 is 23.4 Å². The van der Waals surface area contributed by atoms with Crippen molar-refractivity contribution in [2.75, 3.05) is 24.6 Å². The number of carbonyl (C=O) groups is 3. The normalized spacial score (nSPS) is 23.6. The van der Waals surface area contributed by atoms with Crippen molar-refractivity contribution in [2.45, 2.75) is 38.0 Å². The summed E-state index contributed by atoms with van der Waals surface area (Å²) in [4.78, 5) is 41.8. The summed E-state index contributed by atoms with van der Waals surface area (Å²) in [5.74, 6) is 1.02. The van der Waals surface area contributed by atoms with Crippen molar-refractivity contribution in [1.29, 1.82) is 0 Å². The lowest BCUT2D eigenvalue weighted by Gasteiger charge is -2.48. The van der Waals surface area contributed by atoms with Gasteiger partial charge in [-0.1, -0.05) is 24.3 Å². The van der Waals surface area contributed by atoms with E-state index in [-0.39, 0.29) is 36.8 Å². The van der Waals surface area contributed by atoms with Crippen LogP contribution in [0.15, 0.2) is 48.5 Å². The second-order valence-electron chi connectivity index (χ2n) is 8.47. The molecule has 3 aliphatic rings. The first kappa shape index (κ1) is 20.4. The molecule has 3 heterocycles. The second-order valence-corrected chi connectivity index (χ2v) is 8.47. The molecule has 0 spiro atoms. The number of para-hydroxylation sites is 3. The zero-order valence-electron chi connectivity index (χ0n) is 17.9. The van der Waals surface area contributed by atoms with Crippen LogP contribution in [0.2, 0.25) is 0 Å². The van der Waals surface area contributed by atoms with Gasteiger partial charge < -0.3 is 19.7 Å². The Bertz CT molecular complexity index is 1090. The summed E-state index contributed by atoms with van der Waals surface area (Å²) in [6.45, 7) is 2.79. The number of fused-ring (bicyclic) bond motifs is 4. The third-order valence-electron chi connectivity index (χ3n) is 6.40. The van der Waals surface area contributed by atoms with Gasteiger partial charge in [0.25, 0.3) is 5.91 Å². The second kappa shape index (κ2) is 7.85. The molecule has 0 aromatic heterocycles. The van der Waals surface area contributed by atoms with Crippen molar-refractivity contribution in [2.24, 2.45) is 0 Å². The fourth-order valence-electron chi connectivity index (χ4n) is 4.73. The maximum Gasteiger partial charge on any atom is 0.257 e. The predicted octanol–water partition coefficient (Wildman–Crippen LogP) is 2.33. The Kier molecular flexibility index (Phi) is 5.00. The van der Waals surface area contributed by atoms with Crippen LogP contribution in [-0.4, -0.2) is 54.1 Å². The molecule has 166 valence electrons. The minimum atomic E-state index is -0.757. The maximum atomic E-state index is 13.2. The Morgan fingerprint density at radius 2 is 1.88 bits per heavy atom. The fourth-order valence-corrected chi connectivity index (χ4v) is 4.73. The largest absolute Gasteiger partial charge is 0.486 e. The number of rotatable bonds is 5. The van der Waals surface area contributed by atoms with Gasteiger partial charge in [0.05, 0.1) is 17.8 Å². The standard InChI is InChI=1S/C24H25N3O5/c1-24-12-10-22(29)27(24)18-7-3-2-6-17(18)23(30)26(24)13-11-21(28)25-14-16-15-31-19-8-4-5-9-20(19)32-16/h2-9,16H,10-15H2,1H3,(H,25,28). The molecule has 2 aromatic rings. The van der Waals surface area contributed by atoms with Gasteiger partial charge in [-0.25, -0.2) is 0 Å². The van der Waals surface area contributed by atoms with Crippen molar-refractivity contribution < 1.29 is 23.9 Å². The average Bonchev–Trinajstić information content (AvgIpc) is 3.12. The Balaban J connectivity index is 1.22. The topological polar surface area (TPSA) is 88.2 Å². The number of amides is 3. The zero-order valence-corrected chi connectivity index (χ0v) is 17.9. The molecule has 0 saturated carbocycles. The van der Waals surface area contributed by atoms with Gasteiger partial charge in [-0.3, -0.25) is 19.3 Å². The van der Waals surface area contributed by atoms with E-state index in [1.165, 1.54) is 0 Å². The maximum absolute atomic E-state index is 13.2. The summed E-state index contributed by atoms with van der Waals surface area (Å²) in [5, 5.41) is 2.88. The summed E-state index contributed by atoms with van der Waals surface area (Å²) >= 11 is 0. The number of anilines is 1. The minimum absolute atomic E-state index is 0.00312. The van der Waals surface area contributed by atoms with E-state index in [0.29, 0.717) is 48.7 Å². The van der Waals surface area contributed by atoms with Crippen LogP contribution in [0.4, 0.5) is 5.69 Å². The number of hydrogen-bond donors (Lipinski definition) is 1. The van der Waals surface area contributed by atoms with E-state index in [9.17, 15) is 14.4 Å². The number of nitrogens with one attached hydrogen (secondary N) is 1. The Morgan fingerprint density at radius 1 is 1.12 bits per heavy atom. The molecular weight excluding hydrogens is 410 g/mol. The number of ether oxygens (including phenoxy) is 2. The predicted molar refractivity (Wildman–Crippen MR) is 117 cm³/mol. The lowest BCUT2D eigenvalue weighted by atomic mass is 9.98. The van der Waals surface area contributed by atoms with E-state index in [4.69, 9.17) is 9.47 Å². The molecule has 1 fully saturated rings. The van der Waals surface area contributed by atoms with Crippen molar-refractivity contribution in [3.63, 3.8) is 0 Å². The smallest absolute Gasteiger partial charge is 0.257 e. The Morgan fingerprint density at radius 3 is 2.72 bits per heavy atom. The summed E-state index contributed by atoms with van der Waals surface area (Å²) < 4.78 is 11.5. The molecular formula is C24H25N3O5. The van der Waals surface area contributed by atoms with Crippen LogP contribution in [0.1, 0.15) is 36.5 Å². The van der Waals surface area contributed by atoms with E-state index in [2.05, 4.69) is 5.32 Å². The molecule has 2 aromatic carbocycles. The number of benzene rings is 2. The Labute approximate surface area is 186 Å². The van der Waals surface area contributed by atoms with E-state index in [1.54, 1.807) is 21.9 Å². The van der Waals surface area contributed by atoms with Gasteiger partial charge in [0.2, 0.25) is 11.8 Å². The van der Waals surface area contributed by atoms with Crippen LogP contribution in [0, 0.1) is 0 Å². The average molecular weight is 435 g/mol. The fraction of sp³-hybridized carbons (Fsp3) is 0.375. The molecule has 0 bridgehead atoms. The first-order valence-electron chi connectivity index (χ1n) is 10.9. The number of carbonyl (C=O) groups excluding carboxylic acids is 3. The molecule has 0 aliphatic carbocycles. The highest BCUT2D eigenvalue weighted by molar-refractivity contribution is 6.10. The van der Waals surface area contributed by atoms with Crippen LogP contribution in [-0.2, 0) is 9.59 Å². The third-order valence-corrected chi connectivity index (χ3v) is 6.40. The van der Waals surface area contributed by atoms with Crippen molar-refractivity contribution in [3.05, 3.63) is 54.1 Å². The molecule has 1 N–H and O–H groups in total. The molecule has 0 radical (unpaired) electrons. The molecule has 5 rings (SSSR count). The van der Waals surface area contributed by atoms with Crippen molar-refractivity contribution in [3.8, 4) is 11.5 Å². The molecule has 8 nitrogen and oxygen atoms in total. The summed E-state index contributed by atoms with van der Waals surface area (Å²) in [6.07, 6.45) is 0.773. The minimum Gasteiger partial charge on any atom is -0.486 e. The van der Waals surface area contributed by atoms with Gasteiger partial charge in [0.15, 0.2) is 11.5 Å². The van der Waals surface area contributed by atoms with Crippen molar-refractivity contribution in [1.82, 2.24) is 10.2 Å². The lowest BCUT2D eigenvalue weighted by Crippen LogP contribution is -2.62. The van der Waals surface area contributed by atoms with E-state index in [0.717, 1.165) is 0 Å². The molecule has 8 heteroatoms. The molecule has 2 atom stereocenters. The van der Waals surface area contributed by atoms with E-state index < -0.39 is 5.66 Å². The molecule has 32 heavy (non-hydrogen) atoms. The van der Waals surface area contributed by atoms with E-state index >= 15 is 0 Å². The van der Waals surface area contributed by atoms with Crippen LogP contribution in [0.3, 0.4) is 0 Å². The molecule has 3 amide bonds.